The number of rotatable bonds is 5. The Morgan fingerprint density at radius 2 is 2.18 bits per heavy atom. The molecule has 0 aliphatic carbocycles. The standard InChI is InChI=1S/C18H26BN3O6/c23-15(7-12-8-20-5-6-21-12)22-9-13(10-22)27-14-2-1-11-3-4-19(26)28-17(11)16(14)18(24)25/h1-2,12-13,18,20-21,24-26H,3-10H2. The fourth-order valence-corrected chi connectivity index (χ4v) is 3.88. The van der Waals surface area contributed by atoms with Crippen LogP contribution in [0.5, 0.6) is 11.5 Å². The first kappa shape index (κ1) is 19.5. The predicted molar refractivity (Wildman–Crippen MR) is 101 cm³/mol. The molecule has 1 amide bonds. The first-order valence-electron chi connectivity index (χ1n) is 9.76. The summed E-state index contributed by atoms with van der Waals surface area (Å²) >= 11 is 0. The van der Waals surface area contributed by atoms with Gasteiger partial charge in [-0.1, -0.05) is 6.07 Å². The largest absolute Gasteiger partial charge is 0.535 e. The molecule has 2 fully saturated rings. The van der Waals surface area contributed by atoms with Gasteiger partial charge in [0.15, 0.2) is 6.29 Å². The number of fused-ring (bicyclic) bond motifs is 1. The zero-order valence-electron chi connectivity index (χ0n) is 15.6. The molecule has 1 unspecified atom stereocenters. The van der Waals surface area contributed by atoms with Gasteiger partial charge in [-0.05, 0) is 24.4 Å². The van der Waals surface area contributed by atoms with Crippen LogP contribution >= 0.6 is 0 Å². The van der Waals surface area contributed by atoms with Gasteiger partial charge in [0, 0.05) is 32.1 Å². The Morgan fingerprint density at radius 1 is 1.36 bits per heavy atom. The summed E-state index contributed by atoms with van der Waals surface area (Å²) in [5.41, 5.74) is 0.929. The summed E-state index contributed by atoms with van der Waals surface area (Å²) in [7, 11) is -0.972. The van der Waals surface area contributed by atoms with Crippen molar-refractivity contribution in [2.75, 3.05) is 32.7 Å². The molecule has 3 aliphatic rings. The first-order chi connectivity index (χ1) is 13.5. The van der Waals surface area contributed by atoms with Crippen LogP contribution in [0, 0.1) is 0 Å². The molecule has 1 atom stereocenters. The molecule has 4 rings (SSSR count). The lowest BCUT2D eigenvalue weighted by atomic mass is 9.78. The lowest BCUT2D eigenvalue weighted by Crippen LogP contribution is -2.58. The smallest absolute Gasteiger partial charge is 0.522 e. The van der Waals surface area contributed by atoms with Crippen LogP contribution in [0.25, 0.3) is 0 Å². The SMILES string of the molecule is O=C(CC1CNCCN1)N1CC(Oc2ccc3c(c2C(O)O)OB(O)CC3)C1. The lowest BCUT2D eigenvalue weighted by molar-refractivity contribution is -0.140. The molecule has 3 aliphatic heterocycles. The second-order valence-electron chi connectivity index (χ2n) is 7.55. The molecule has 1 aromatic carbocycles. The zero-order chi connectivity index (χ0) is 19.7. The number of carbonyl (C=O) groups excluding carboxylic acids is 1. The van der Waals surface area contributed by atoms with Crippen molar-refractivity contribution >= 4 is 13.0 Å². The van der Waals surface area contributed by atoms with Crippen LogP contribution in [0.3, 0.4) is 0 Å². The van der Waals surface area contributed by atoms with Crippen molar-refractivity contribution in [2.45, 2.75) is 37.6 Å². The Balaban J connectivity index is 1.36. The molecule has 2 saturated heterocycles. The number of amides is 1. The van der Waals surface area contributed by atoms with Crippen molar-refractivity contribution in [1.29, 1.82) is 0 Å². The number of aryl methyl sites for hydroxylation is 1. The van der Waals surface area contributed by atoms with E-state index >= 15 is 0 Å². The van der Waals surface area contributed by atoms with Gasteiger partial charge in [-0.2, -0.15) is 0 Å². The molecule has 1 aromatic rings. The van der Waals surface area contributed by atoms with E-state index in [-0.39, 0.29) is 29.4 Å². The van der Waals surface area contributed by atoms with E-state index in [4.69, 9.17) is 9.39 Å². The summed E-state index contributed by atoms with van der Waals surface area (Å²) in [6.45, 7) is 3.50. The van der Waals surface area contributed by atoms with Gasteiger partial charge in [-0.25, -0.2) is 0 Å². The highest BCUT2D eigenvalue weighted by Crippen LogP contribution is 2.40. The molecule has 0 bridgehead atoms. The van der Waals surface area contributed by atoms with Crippen molar-refractivity contribution in [2.24, 2.45) is 0 Å². The van der Waals surface area contributed by atoms with E-state index in [1.165, 1.54) is 0 Å². The van der Waals surface area contributed by atoms with Crippen LogP contribution in [0.2, 0.25) is 6.32 Å². The van der Waals surface area contributed by atoms with Gasteiger partial charge < -0.3 is 40.2 Å². The topological polar surface area (TPSA) is 124 Å². The minimum Gasteiger partial charge on any atom is -0.535 e. The van der Waals surface area contributed by atoms with E-state index in [1.807, 2.05) is 6.07 Å². The molecular weight excluding hydrogens is 365 g/mol. The van der Waals surface area contributed by atoms with E-state index in [0.717, 1.165) is 25.2 Å². The molecule has 5 N–H and O–H groups in total. The number of hydrogen-bond acceptors (Lipinski definition) is 8. The average Bonchev–Trinajstić information content (AvgIpc) is 2.64. The van der Waals surface area contributed by atoms with Crippen LogP contribution in [0.15, 0.2) is 12.1 Å². The Kier molecular flexibility index (Phi) is 5.74. The number of hydrogen-bond donors (Lipinski definition) is 5. The van der Waals surface area contributed by atoms with Crippen molar-refractivity contribution in [3.8, 4) is 11.5 Å². The summed E-state index contributed by atoms with van der Waals surface area (Å²) in [5.74, 6) is 0.660. The van der Waals surface area contributed by atoms with Gasteiger partial charge in [0.2, 0.25) is 5.91 Å². The third-order valence-electron chi connectivity index (χ3n) is 5.45. The number of aliphatic hydroxyl groups excluding tert-OH is 1. The number of benzene rings is 1. The molecule has 28 heavy (non-hydrogen) atoms. The highest BCUT2D eigenvalue weighted by Gasteiger charge is 2.35. The van der Waals surface area contributed by atoms with Gasteiger partial charge in [0.05, 0.1) is 18.7 Å². The maximum Gasteiger partial charge on any atom is 0.522 e. The molecule has 0 saturated carbocycles. The number of aliphatic hydroxyl groups is 2. The Bertz CT molecular complexity index is 722. The van der Waals surface area contributed by atoms with Crippen molar-refractivity contribution in [1.82, 2.24) is 15.5 Å². The third-order valence-corrected chi connectivity index (χ3v) is 5.45. The molecule has 0 spiro atoms. The van der Waals surface area contributed by atoms with Crippen molar-refractivity contribution in [3.05, 3.63) is 23.3 Å². The summed E-state index contributed by atoms with van der Waals surface area (Å²) in [4.78, 5) is 14.1. The number of nitrogens with zero attached hydrogens (tertiary/aromatic N) is 1. The quantitative estimate of drug-likeness (QED) is 0.308. The summed E-state index contributed by atoms with van der Waals surface area (Å²) in [5, 5.41) is 36.0. The van der Waals surface area contributed by atoms with E-state index in [2.05, 4.69) is 10.6 Å². The van der Waals surface area contributed by atoms with E-state index in [9.17, 15) is 20.0 Å². The zero-order valence-corrected chi connectivity index (χ0v) is 15.6. The van der Waals surface area contributed by atoms with E-state index in [0.29, 0.717) is 38.0 Å². The normalized spacial score (nSPS) is 22.5. The van der Waals surface area contributed by atoms with Crippen molar-refractivity contribution in [3.63, 3.8) is 0 Å². The van der Waals surface area contributed by atoms with Gasteiger partial charge in [-0.3, -0.25) is 4.79 Å². The number of nitrogens with one attached hydrogen (secondary N) is 2. The average molecular weight is 391 g/mol. The highest BCUT2D eigenvalue weighted by molar-refractivity contribution is 6.44. The molecule has 9 nitrogen and oxygen atoms in total. The predicted octanol–water partition coefficient (Wildman–Crippen LogP) is -1.37. The lowest BCUT2D eigenvalue weighted by Gasteiger charge is -2.40. The van der Waals surface area contributed by atoms with Gasteiger partial charge >= 0.3 is 7.12 Å². The van der Waals surface area contributed by atoms with Crippen molar-refractivity contribution < 1.29 is 29.4 Å². The van der Waals surface area contributed by atoms with Crippen LogP contribution < -0.4 is 20.0 Å². The number of likely N-dealkylation sites (tertiary alicyclic amines) is 1. The maximum atomic E-state index is 12.4. The number of carbonyl (C=O) groups is 1. The Hall–Kier alpha value is -1.85. The molecule has 0 aromatic heterocycles. The molecule has 3 heterocycles. The van der Waals surface area contributed by atoms with Gasteiger partial charge in [-0.15, -0.1) is 0 Å². The Labute approximate surface area is 163 Å². The summed E-state index contributed by atoms with van der Waals surface area (Å²) in [6, 6.07) is 3.66. The monoisotopic (exact) mass is 391 g/mol. The molecule has 0 radical (unpaired) electrons. The first-order valence-corrected chi connectivity index (χ1v) is 9.76. The number of ether oxygens (including phenoxy) is 1. The van der Waals surface area contributed by atoms with Crippen LogP contribution in [0.4, 0.5) is 0 Å². The second kappa shape index (κ2) is 8.26. The fraction of sp³-hybridized carbons (Fsp3) is 0.611. The number of piperazine rings is 1. The van der Waals surface area contributed by atoms with Gasteiger partial charge in [0.1, 0.15) is 17.6 Å². The molecule has 152 valence electrons. The summed E-state index contributed by atoms with van der Waals surface area (Å²) < 4.78 is 11.3. The van der Waals surface area contributed by atoms with Crippen LogP contribution in [-0.4, -0.2) is 78.0 Å². The van der Waals surface area contributed by atoms with E-state index < -0.39 is 13.4 Å². The van der Waals surface area contributed by atoms with Crippen LogP contribution in [0.1, 0.15) is 23.8 Å². The highest BCUT2D eigenvalue weighted by atomic mass is 16.5. The van der Waals surface area contributed by atoms with E-state index in [1.54, 1.807) is 11.0 Å². The maximum absolute atomic E-state index is 12.4. The van der Waals surface area contributed by atoms with Crippen LogP contribution in [-0.2, 0) is 11.2 Å². The minimum atomic E-state index is -1.78. The fourth-order valence-electron chi connectivity index (χ4n) is 3.88. The summed E-state index contributed by atoms with van der Waals surface area (Å²) in [6.07, 6.45) is -0.500. The second-order valence-corrected chi connectivity index (χ2v) is 7.55. The van der Waals surface area contributed by atoms with Gasteiger partial charge in [0.25, 0.3) is 0 Å². The molecular formula is C18H26BN3O6. The molecule has 10 heteroatoms. The Morgan fingerprint density at radius 3 is 2.89 bits per heavy atom. The third kappa shape index (κ3) is 4.11. The minimum absolute atomic E-state index is 0.0837.